The minimum Gasteiger partial charge on any atom is -0.382 e. The zero-order valence-electron chi connectivity index (χ0n) is 36.0. The molecule has 4 aromatic rings. The maximum Gasteiger partial charge on any atom is 0.0720 e. The predicted molar refractivity (Wildman–Crippen MR) is 235 cm³/mol. The van der Waals surface area contributed by atoms with Gasteiger partial charge in [0.15, 0.2) is 0 Å². The van der Waals surface area contributed by atoms with E-state index in [2.05, 4.69) is 87.1 Å². The average molecular weight is 711 g/mol. The van der Waals surface area contributed by atoms with Gasteiger partial charge in [0.25, 0.3) is 0 Å². The lowest BCUT2D eigenvalue weighted by atomic mass is 10.0. The van der Waals surface area contributed by atoms with Crippen molar-refractivity contribution < 1.29 is 9.47 Å². The van der Waals surface area contributed by atoms with E-state index in [1.807, 2.05) is 138 Å². The first kappa shape index (κ1) is 62.8. The molecule has 2 heterocycles. The summed E-state index contributed by atoms with van der Waals surface area (Å²) in [5.74, 6) is 1.60. The Bertz CT molecular complexity index is 908. The SMILES string of the molecule is C.CC.CC.CC.CC.CC(C)C.CC(C)Cc1ccccc1.CC(C)OCc1ccccc1.COC(C)C.c1ccncc1.c1ccncc1. The highest BCUT2D eigenvalue weighted by atomic mass is 16.5. The fourth-order valence-corrected chi connectivity index (χ4v) is 2.55. The number of aromatic nitrogens is 2. The average Bonchev–Trinajstić information content (AvgIpc) is 3.17. The van der Waals surface area contributed by atoms with Crippen LogP contribution < -0.4 is 0 Å². The van der Waals surface area contributed by atoms with Crippen LogP contribution in [0.4, 0.5) is 0 Å². The van der Waals surface area contributed by atoms with Gasteiger partial charge < -0.3 is 9.47 Å². The standard InChI is InChI=1S/C10H14O.C10H14.2C5H5N.C4H10O.C4H10.4C2H6.CH4/c1-9(2)11-8-10-6-4-3-5-7-10;1-9(2)8-10-6-4-3-5-7-10;2*1-2-4-6-5-3-1;1-4(2)5-3;1-4(2)3;4*1-2;/h3-7,9H,8H2,1-2H3;3-7,9H,8H2,1-2H3;2*1-5H;4H,1-3H3;4H,1-3H3;4*1-2H3;1H4. The van der Waals surface area contributed by atoms with Crippen LogP contribution in [0.25, 0.3) is 0 Å². The fourth-order valence-electron chi connectivity index (χ4n) is 2.55. The van der Waals surface area contributed by atoms with Crippen LogP contribution in [0.2, 0.25) is 0 Å². The zero-order chi connectivity index (χ0) is 39.8. The number of pyridine rings is 2. The number of methoxy groups -OCH3 is 1. The van der Waals surface area contributed by atoms with E-state index in [1.54, 1.807) is 31.9 Å². The summed E-state index contributed by atoms with van der Waals surface area (Å²) in [7, 11) is 1.70. The molecule has 51 heavy (non-hydrogen) atoms. The van der Waals surface area contributed by atoms with Crippen LogP contribution in [0.15, 0.2) is 122 Å². The number of nitrogens with zero attached hydrogens (tertiary/aromatic N) is 2. The molecular formula is C47H86N2O2. The molecule has 0 amide bonds. The van der Waals surface area contributed by atoms with Gasteiger partial charge in [-0.15, -0.1) is 0 Å². The van der Waals surface area contributed by atoms with E-state index in [1.165, 1.54) is 17.5 Å². The van der Waals surface area contributed by atoms with Gasteiger partial charge in [-0.25, -0.2) is 0 Å². The molecule has 0 aliphatic heterocycles. The minimum atomic E-state index is 0. The Hall–Kier alpha value is -3.34. The van der Waals surface area contributed by atoms with Gasteiger partial charge in [-0.1, -0.05) is 170 Å². The van der Waals surface area contributed by atoms with Crippen molar-refractivity contribution in [1.29, 1.82) is 0 Å². The van der Waals surface area contributed by atoms with Crippen LogP contribution in [0.3, 0.4) is 0 Å². The van der Waals surface area contributed by atoms with E-state index in [-0.39, 0.29) is 7.43 Å². The molecule has 0 aliphatic carbocycles. The lowest BCUT2D eigenvalue weighted by Gasteiger charge is -2.06. The van der Waals surface area contributed by atoms with Gasteiger partial charge >= 0.3 is 0 Å². The molecule has 0 atom stereocenters. The van der Waals surface area contributed by atoms with E-state index in [0.29, 0.717) is 12.2 Å². The van der Waals surface area contributed by atoms with Gasteiger partial charge in [-0.05, 0) is 81.3 Å². The van der Waals surface area contributed by atoms with Gasteiger partial charge in [0.2, 0.25) is 0 Å². The van der Waals surface area contributed by atoms with Crippen molar-refractivity contribution in [3.8, 4) is 0 Å². The summed E-state index contributed by atoms with van der Waals surface area (Å²) in [6, 6.07) is 32.3. The van der Waals surface area contributed by atoms with Crippen molar-refractivity contribution in [3.05, 3.63) is 133 Å². The fraction of sp³-hybridized carbons (Fsp3) is 0.532. The minimum absolute atomic E-state index is 0. The molecule has 4 nitrogen and oxygen atoms in total. The maximum atomic E-state index is 5.43. The van der Waals surface area contributed by atoms with Crippen LogP contribution in [0, 0.1) is 11.8 Å². The molecule has 4 heteroatoms. The Labute approximate surface area is 320 Å². The van der Waals surface area contributed by atoms with Gasteiger partial charge in [0.1, 0.15) is 0 Å². The van der Waals surface area contributed by atoms with E-state index in [9.17, 15) is 0 Å². The molecule has 4 rings (SSSR count). The van der Waals surface area contributed by atoms with Crippen molar-refractivity contribution >= 4 is 0 Å². The van der Waals surface area contributed by atoms with Crippen LogP contribution in [0.1, 0.15) is 136 Å². The third-order valence-electron chi connectivity index (χ3n) is 4.52. The number of benzene rings is 2. The van der Waals surface area contributed by atoms with Crippen molar-refractivity contribution in [2.45, 2.75) is 150 Å². The van der Waals surface area contributed by atoms with E-state index >= 15 is 0 Å². The van der Waals surface area contributed by atoms with Crippen LogP contribution in [-0.2, 0) is 22.5 Å². The second kappa shape index (κ2) is 58.8. The van der Waals surface area contributed by atoms with Gasteiger partial charge in [-0.2, -0.15) is 0 Å². The number of rotatable bonds is 6. The third-order valence-corrected chi connectivity index (χ3v) is 4.52. The molecule has 2 aromatic carbocycles. The summed E-state index contributed by atoms with van der Waals surface area (Å²) >= 11 is 0. The molecule has 0 fully saturated rings. The number of hydrogen-bond donors (Lipinski definition) is 0. The lowest BCUT2D eigenvalue weighted by molar-refractivity contribution is 0.0657. The largest absolute Gasteiger partial charge is 0.382 e. The molecule has 0 saturated heterocycles. The topological polar surface area (TPSA) is 44.2 Å². The molecule has 2 aromatic heterocycles. The Balaban J connectivity index is -0.0000000896. The van der Waals surface area contributed by atoms with Gasteiger partial charge in [0, 0.05) is 31.9 Å². The van der Waals surface area contributed by atoms with Crippen LogP contribution >= 0.6 is 0 Å². The summed E-state index contributed by atoms with van der Waals surface area (Å²) < 4.78 is 10.2. The van der Waals surface area contributed by atoms with Crippen LogP contribution in [0.5, 0.6) is 0 Å². The first-order chi connectivity index (χ1) is 24.1. The summed E-state index contributed by atoms with van der Waals surface area (Å²) in [4.78, 5) is 7.57. The van der Waals surface area contributed by atoms with Crippen molar-refractivity contribution in [2.24, 2.45) is 11.8 Å². The highest BCUT2D eigenvalue weighted by Crippen LogP contribution is 2.06. The molecule has 0 N–H and O–H groups in total. The maximum absolute atomic E-state index is 5.43. The summed E-state index contributed by atoms with van der Waals surface area (Å²) in [6.07, 6.45) is 8.89. The molecule has 0 saturated carbocycles. The molecule has 0 radical (unpaired) electrons. The second-order valence-electron chi connectivity index (χ2n) is 11.0. The van der Waals surface area contributed by atoms with Crippen molar-refractivity contribution in [2.75, 3.05) is 7.11 Å². The number of ether oxygens (including phenoxy) is 2. The van der Waals surface area contributed by atoms with E-state index in [4.69, 9.17) is 9.47 Å². The van der Waals surface area contributed by atoms with E-state index < -0.39 is 0 Å². The monoisotopic (exact) mass is 711 g/mol. The van der Waals surface area contributed by atoms with Crippen LogP contribution in [-0.4, -0.2) is 29.3 Å². The first-order valence-corrected chi connectivity index (χ1v) is 19.0. The summed E-state index contributed by atoms with van der Waals surface area (Å²) in [5, 5.41) is 0. The molecule has 0 aliphatic rings. The second-order valence-corrected chi connectivity index (χ2v) is 11.0. The number of hydrogen-bond acceptors (Lipinski definition) is 4. The highest BCUT2D eigenvalue weighted by molar-refractivity contribution is 5.15. The highest BCUT2D eigenvalue weighted by Gasteiger charge is 1.94. The Morgan fingerprint density at radius 1 is 0.451 bits per heavy atom. The quantitative estimate of drug-likeness (QED) is 0.200. The first-order valence-electron chi connectivity index (χ1n) is 19.0. The molecule has 0 bridgehead atoms. The summed E-state index contributed by atoms with van der Waals surface area (Å²) in [6.45, 7) is 35.8. The zero-order valence-corrected chi connectivity index (χ0v) is 36.0. The summed E-state index contributed by atoms with van der Waals surface area (Å²) in [5.41, 5.74) is 2.68. The Kier molecular flexibility index (Phi) is 72.4. The molecular weight excluding hydrogens is 625 g/mol. The normalized spacial score (nSPS) is 8.27. The van der Waals surface area contributed by atoms with Gasteiger partial charge in [0.05, 0.1) is 18.8 Å². The van der Waals surface area contributed by atoms with Crippen molar-refractivity contribution in [1.82, 2.24) is 9.97 Å². The smallest absolute Gasteiger partial charge is 0.0720 e. The Morgan fingerprint density at radius 3 is 0.922 bits per heavy atom. The molecule has 0 unspecified atom stereocenters. The molecule has 296 valence electrons. The van der Waals surface area contributed by atoms with Crippen molar-refractivity contribution in [3.63, 3.8) is 0 Å². The predicted octanol–water partition coefficient (Wildman–Crippen LogP) is 15.1. The van der Waals surface area contributed by atoms with E-state index in [0.717, 1.165) is 18.4 Å². The molecule has 0 spiro atoms. The Morgan fingerprint density at radius 2 is 0.725 bits per heavy atom. The lowest BCUT2D eigenvalue weighted by Crippen LogP contribution is -2.01. The third kappa shape index (κ3) is 73.2. The van der Waals surface area contributed by atoms with Gasteiger partial charge in [-0.3, -0.25) is 9.97 Å².